The number of hydrogen-bond acceptors (Lipinski definition) is 2. The van der Waals surface area contributed by atoms with Gasteiger partial charge in [-0.25, -0.2) is 4.98 Å². The first-order valence-corrected chi connectivity index (χ1v) is 8.04. The summed E-state index contributed by atoms with van der Waals surface area (Å²) in [5.74, 6) is 2.72. The highest BCUT2D eigenvalue weighted by atomic mass is 15.0. The van der Waals surface area contributed by atoms with Gasteiger partial charge in [-0.05, 0) is 36.8 Å². The van der Waals surface area contributed by atoms with E-state index in [1.165, 1.54) is 24.2 Å². The van der Waals surface area contributed by atoms with E-state index in [1.807, 2.05) is 12.4 Å². The van der Waals surface area contributed by atoms with Gasteiger partial charge in [0.2, 0.25) is 0 Å². The van der Waals surface area contributed by atoms with E-state index in [9.17, 15) is 0 Å². The summed E-state index contributed by atoms with van der Waals surface area (Å²) in [5, 5.41) is 3.69. The van der Waals surface area contributed by atoms with Gasteiger partial charge in [0, 0.05) is 31.9 Å². The van der Waals surface area contributed by atoms with Gasteiger partial charge in [-0.15, -0.1) is 0 Å². The van der Waals surface area contributed by atoms with Crippen molar-refractivity contribution in [2.24, 2.45) is 13.0 Å². The van der Waals surface area contributed by atoms with Crippen LogP contribution in [0.5, 0.6) is 0 Å². The second kappa shape index (κ2) is 6.44. The van der Waals surface area contributed by atoms with E-state index in [0.717, 1.165) is 24.8 Å². The smallest absolute Gasteiger partial charge is 0.108 e. The Morgan fingerprint density at radius 2 is 2.14 bits per heavy atom. The molecule has 0 spiro atoms. The molecule has 0 radical (unpaired) electrons. The zero-order valence-electron chi connectivity index (χ0n) is 13.0. The normalized spacial score (nSPS) is 22.2. The molecule has 3 nitrogen and oxygen atoms in total. The van der Waals surface area contributed by atoms with Crippen molar-refractivity contribution in [3.63, 3.8) is 0 Å². The van der Waals surface area contributed by atoms with Crippen molar-refractivity contribution >= 4 is 0 Å². The molecule has 2 aromatic rings. The maximum absolute atomic E-state index is 4.44. The van der Waals surface area contributed by atoms with E-state index in [0.29, 0.717) is 6.04 Å². The lowest BCUT2D eigenvalue weighted by molar-refractivity contribution is 0.434. The molecule has 1 fully saturated rings. The second-order valence-electron chi connectivity index (χ2n) is 6.07. The van der Waals surface area contributed by atoms with Gasteiger partial charge in [-0.2, -0.15) is 0 Å². The molecule has 1 saturated carbocycles. The van der Waals surface area contributed by atoms with Gasteiger partial charge in [-0.3, -0.25) is 0 Å². The minimum Gasteiger partial charge on any atom is -0.338 e. The van der Waals surface area contributed by atoms with Crippen LogP contribution in [-0.4, -0.2) is 22.1 Å². The molecule has 0 saturated heterocycles. The van der Waals surface area contributed by atoms with Gasteiger partial charge in [-0.1, -0.05) is 37.3 Å². The standard InChI is InChI=1S/C18H25N3/c1-3-19-17(9-10-18-20-11-12-21(18)2)16-13-15(16)14-7-5-4-6-8-14/h4-8,11-12,15-17,19H,3,9-10,13H2,1-2H3. The van der Waals surface area contributed by atoms with Crippen molar-refractivity contribution in [2.75, 3.05) is 6.54 Å². The molecule has 1 heterocycles. The number of hydrogen-bond donors (Lipinski definition) is 1. The predicted octanol–water partition coefficient (Wildman–Crippen LogP) is 3.13. The van der Waals surface area contributed by atoms with Gasteiger partial charge in [0.05, 0.1) is 0 Å². The molecule has 1 N–H and O–H groups in total. The number of nitrogens with one attached hydrogen (secondary N) is 1. The lowest BCUT2D eigenvalue weighted by Gasteiger charge is -2.18. The van der Waals surface area contributed by atoms with Crippen LogP contribution in [0.25, 0.3) is 0 Å². The first kappa shape index (κ1) is 14.3. The molecular weight excluding hydrogens is 258 g/mol. The van der Waals surface area contributed by atoms with E-state index in [2.05, 4.69) is 59.2 Å². The Kier molecular flexibility index (Phi) is 4.39. The Hall–Kier alpha value is -1.61. The molecule has 21 heavy (non-hydrogen) atoms. The first-order valence-electron chi connectivity index (χ1n) is 8.04. The van der Waals surface area contributed by atoms with Crippen LogP contribution < -0.4 is 5.32 Å². The number of aryl methyl sites for hydroxylation is 2. The molecular formula is C18H25N3. The minimum absolute atomic E-state index is 0.608. The van der Waals surface area contributed by atoms with Crippen LogP contribution in [0.3, 0.4) is 0 Å². The summed E-state index contributed by atoms with van der Waals surface area (Å²) in [5.41, 5.74) is 1.50. The zero-order valence-corrected chi connectivity index (χ0v) is 13.0. The van der Waals surface area contributed by atoms with E-state index in [1.54, 1.807) is 0 Å². The molecule has 1 aromatic carbocycles. The first-order chi connectivity index (χ1) is 10.3. The molecule has 1 aliphatic carbocycles. The SMILES string of the molecule is CCNC(CCc1nccn1C)C1CC1c1ccccc1. The molecule has 1 aliphatic rings. The maximum atomic E-state index is 4.44. The van der Waals surface area contributed by atoms with Gasteiger partial charge < -0.3 is 9.88 Å². The monoisotopic (exact) mass is 283 g/mol. The molecule has 3 atom stereocenters. The Labute approximate surface area is 127 Å². The fourth-order valence-corrected chi connectivity index (χ4v) is 3.39. The number of nitrogens with zero attached hydrogens (tertiary/aromatic N) is 2. The molecule has 0 bridgehead atoms. The third kappa shape index (κ3) is 3.35. The van der Waals surface area contributed by atoms with Gasteiger partial charge >= 0.3 is 0 Å². The average molecular weight is 283 g/mol. The summed E-state index contributed by atoms with van der Waals surface area (Å²) in [4.78, 5) is 4.44. The number of imidazole rings is 1. The Balaban J connectivity index is 1.59. The largest absolute Gasteiger partial charge is 0.338 e. The Morgan fingerprint density at radius 1 is 1.33 bits per heavy atom. The lowest BCUT2D eigenvalue weighted by atomic mass is 10.0. The van der Waals surface area contributed by atoms with E-state index < -0.39 is 0 Å². The highest BCUT2D eigenvalue weighted by Crippen LogP contribution is 2.50. The molecule has 3 rings (SSSR count). The van der Waals surface area contributed by atoms with Crippen LogP contribution in [0.4, 0.5) is 0 Å². The van der Waals surface area contributed by atoms with Crippen molar-refractivity contribution in [1.82, 2.24) is 14.9 Å². The summed E-state index contributed by atoms with van der Waals surface area (Å²) in [6.45, 7) is 3.25. The van der Waals surface area contributed by atoms with Crippen molar-refractivity contribution in [2.45, 2.75) is 38.1 Å². The topological polar surface area (TPSA) is 29.9 Å². The Morgan fingerprint density at radius 3 is 2.81 bits per heavy atom. The van der Waals surface area contributed by atoms with Crippen LogP contribution in [0.1, 0.15) is 37.1 Å². The predicted molar refractivity (Wildman–Crippen MR) is 86.3 cm³/mol. The zero-order chi connectivity index (χ0) is 14.7. The van der Waals surface area contributed by atoms with Crippen LogP contribution in [0.2, 0.25) is 0 Å². The van der Waals surface area contributed by atoms with Gasteiger partial charge in [0.1, 0.15) is 5.82 Å². The highest BCUT2D eigenvalue weighted by molar-refractivity contribution is 5.26. The molecule has 0 aliphatic heterocycles. The van der Waals surface area contributed by atoms with Crippen LogP contribution in [0, 0.1) is 5.92 Å². The van der Waals surface area contributed by atoms with Crippen LogP contribution in [-0.2, 0) is 13.5 Å². The van der Waals surface area contributed by atoms with E-state index in [-0.39, 0.29) is 0 Å². The van der Waals surface area contributed by atoms with Gasteiger partial charge in [0.15, 0.2) is 0 Å². The fraction of sp³-hybridized carbons (Fsp3) is 0.500. The molecule has 3 unspecified atom stereocenters. The summed E-state index contributed by atoms with van der Waals surface area (Å²) in [7, 11) is 2.08. The number of benzene rings is 1. The van der Waals surface area contributed by atoms with Crippen LogP contribution in [0.15, 0.2) is 42.7 Å². The third-order valence-electron chi connectivity index (χ3n) is 4.65. The quantitative estimate of drug-likeness (QED) is 0.846. The van der Waals surface area contributed by atoms with Crippen molar-refractivity contribution < 1.29 is 0 Å². The Bertz CT molecular complexity index is 561. The lowest BCUT2D eigenvalue weighted by Crippen LogP contribution is -2.32. The number of rotatable bonds is 7. The summed E-state index contributed by atoms with van der Waals surface area (Å²) >= 11 is 0. The van der Waals surface area contributed by atoms with Crippen molar-refractivity contribution in [3.8, 4) is 0 Å². The molecule has 112 valence electrons. The van der Waals surface area contributed by atoms with E-state index >= 15 is 0 Å². The summed E-state index contributed by atoms with van der Waals surface area (Å²) < 4.78 is 2.13. The minimum atomic E-state index is 0.608. The fourth-order valence-electron chi connectivity index (χ4n) is 3.39. The maximum Gasteiger partial charge on any atom is 0.108 e. The number of aromatic nitrogens is 2. The van der Waals surface area contributed by atoms with Crippen LogP contribution >= 0.6 is 0 Å². The molecule has 1 aromatic heterocycles. The third-order valence-corrected chi connectivity index (χ3v) is 4.65. The second-order valence-corrected chi connectivity index (χ2v) is 6.07. The van der Waals surface area contributed by atoms with Crippen molar-refractivity contribution in [1.29, 1.82) is 0 Å². The average Bonchev–Trinajstić information content (AvgIpc) is 3.21. The molecule has 3 heteroatoms. The van der Waals surface area contributed by atoms with Crippen molar-refractivity contribution in [3.05, 3.63) is 54.1 Å². The summed E-state index contributed by atoms with van der Waals surface area (Å²) in [6, 6.07) is 11.6. The summed E-state index contributed by atoms with van der Waals surface area (Å²) in [6.07, 6.45) is 7.47. The highest BCUT2D eigenvalue weighted by Gasteiger charge is 2.43. The van der Waals surface area contributed by atoms with E-state index in [4.69, 9.17) is 0 Å². The molecule has 0 amide bonds. The van der Waals surface area contributed by atoms with Gasteiger partial charge in [0.25, 0.3) is 0 Å².